The number of nitro groups is 1. The number of benzene rings is 1. The van der Waals surface area contributed by atoms with Crippen molar-refractivity contribution in [3.63, 3.8) is 0 Å². The number of allylic oxidation sites excluding steroid dienone is 1. The maximum atomic E-state index is 10.3. The summed E-state index contributed by atoms with van der Waals surface area (Å²) in [5.41, 5.74) is 1.20. The standard InChI is InChI=1S/C10H9BrN2O3/c1-7-2-3-10(9(11)4-7)12-5-8(6-14)13(15)16/h2-6,12H,1H3/b8-5-. The number of halogens is 1. The Morgan fingerprint density at radius 1 is 1.56 bits per heavy atom. The highest BCUT2D eigenvalue weighted by atomic mass is 79.9. The van der Waals surface area contributed by atoms with Crippen LogP contribution < -0.4 is 5.32 Å². The minimum Gasteiger partial charge on any atom is -0.355 e. The Balaban J connectivity index is 2.89. The van der Waals surface area contributed by atoms with Crippen molar-refractivity contribution in [2.45, 2.75) is 6.92 Å². The van der Waals surface area contributed by atoms with E-state index in [2.05, 4.69) is 21.2 Å². The topological polar surface area (TPSA) is 72.2 Å². The molecule has 0 amide bonds. The monoisotopic (exact) mass is 284 g/mol. The van der Waals surface area contributed by atoms with Crippen molar-refractivity contribution in [3.05, 3.63) is 50.2 Å². The van der Waals surface area contributed by atoms with E-state index in [4.69, 9.17) is 0 Å². The van der Waals surface area contributed by atoms with E-state index >= 15 is 0 Å². The van der Waals surface area contributed by atoms with Crippen molar-refractivity contribution in [2.75, 3.05) is 5.32 Å². The van der Waals surface area contributed by atoms with Crippen LogP contribution in [-0.2, 0) is 4.79 Å². The van der Waals surface area contributed by atoms with E-state index in [1.54, 1.807) is 6.07 Å². The molecular formula is C10H9BrN2O3. The number of carbonyl (C=O) groups excluding carboxylic acids is 1. The van der Waals surface area contributed by atoms with Crippen molar-refractivity contribution in [3.8, 4) is 0 Å². The first kappa shape index (κ1) is 12.4. The molecule has 1 aromatic rings. The van der Waals surface area contributed by atoms with Gasteiger partial charge >= 0.3 is 5.70 Å². The van der Waals surface area contributed by atoms with Crippen molar-refractivity contribution < 1.29 is 9.72 Å². The minimum atomic E-state index is -0.748. The third kappa shape index (κ3) is 3.16. The van der Waals surface area contributed by atoms with Gasteiger partial charge in [-0.2, -0.15) is 0 Å². The summed E-state index contributed by atoms with van der Waals surface area (Å²) in [5.74, 6) is 0. The third-order valence-corrected chi connectivity index (χ3v) is 2.49. The Morgan fingerprint density at radius 2 is 2.25 bits per heavy atom. The van der Waals surface area contributed by atoms with Crippen LogP contribution in [0.3, 0.4) is 0 Å². The molecule has 0 bridgehead atoms. The van der Waals surface area contributed by atoms with Crippen LogP contribution in [-0.4, -0.2) is 11.2 Å². The highest BCUT2D eigenvalue weighted by Crippen LogP contribution is 2.23. The summed E-state index contributed by atoms with van der Waals surface area (Å²) in [6.07, 6.45) is 1.25. The van der Waals surface area contributed by atoms with Crippen LogP contribution in [0, 0.1) is 17.0 Å². The van der Waals surface area contributed by atoms with Gasteiger partial charge in [-0.15, -0.1) is 0 Å². The average Bonchev–Trinajstić information content (AvgIpc) is 2.21. The van der Waals surface area contributed by atoms with E-state index in [0.29, 0.717) is 5.69 Å². The number of anilines is 1. The molecule has 0 saturated carbocycles. The number of hydrogen-bond donors (Lipinski definition) is 1. The van der Waals surface area contributed by atoms with E-state index < -0.39 is 10.6 Å². The van der Waals surface area contributed by atoms with Gasteiger partial charge in [0.05, 0.1) is 16.8 Å². The fourth-order valence-corrected chi connectivity index (χ4v) is 1.63. The largest absolute Gasteiger partial charge is 0.355 e. The van der Waals surface area contributed by atoms with Gasteiger partial charge in [-0.05, 0) is 40.5 Å². The molecule has 6 heteroatoms. The van der Waals surface area contributed by atoms with E-state index in [0.717, 1.165) is 16.2 Å². The molecule has 0 aromatic heterocycles. The molecule has 0 heterocycles. The van der Waals surface area contributed by atoms with Crippen molar-refractivity contribution in [1.29, 1.82) is 0 Å². The molecule has 0 aliphatic carbocycles. The quantitative estimate of drug-likeness (QED) is 0.399. The molecule has 84 valence electrons. The van der Waals surface area contributed by atoms with E-state index in [-0.39, 0.29) is 6.29 Å². The van der Waals surface area contributed by atoms with Gasteiger partial charge in [0.25, 0.3) is 0 Å². The predicted molar refractivity (Wildman–Crippen MR) is 63.6 cm³/mol. The molecule has 0 saturated heterocycles. The highest BCUT2D eigenvalue weighted by Gasteiger charge is 2.08. The second-order valence-electron chi connectivity index (χ2n) is 3.07. The van der Waals surface area contributed by atoms with Crippen LogP contribution in [0.4, 0.5) is 5.69 Å². The lowest BCUT2D eigenvalue weighted by Crippen LogP contribution is -2.03. The van der Waals surface area contributed by atoms with Crippen molar-refractivity contribution >= 4 is 27.9 Å². The summed E-state index contributed by atoms with van der Waals surface area (Å²) in [7, 11) is 0. The first-order chi connectivity index (χ1) is 7.54. The fourth-order valence-electron chi connectivity index (χ4n) is 1.02. The van der Waals surface area contributed by atoms with Gasteiger partial charge in [0.2, 0.25) is 6.29 Å². The molecule has 0 fully saturated rings. The number of nitrogens with zero attached hydrogens (tertiary/aromatic N) is 1. The Kier molecular flexibility index (Phi) is 4.19. The van der Waals surface area contributed by atoms with E-state index in [1.165, 1.54) is 0 Å². The second kappa shape index (κ2) is 5.41. The lowest BCUT2D eigenvalue weighted by molar-refractivity contribution is -0.417. The summed E-state index contributed by atoms with van der Waals surface area (Å²) in [4.78, 5) is 19.9. The van der Waals surface area contributed by atoms with Crippen molar-refractivity contribution in [2.24, 2.45) is 0 Å². The smallest absolute Gasteiger partial charge is 0.324 e. The third-order valence-electron chi connectivity index (χ3n) is 1.83. The summed E-state index contributed by atoms with van der Waals surface area (Å²) in [5, 5.41) is 13.0. The second-order valence-corrected chi connectivity index (χ2v) is 3.93. The van der Waals surface area contributed by atoms with Crippen LogP contribution >= 0.6 is 15.9 Å². The zero-order valence-corrected chi connectivity index (χ0v) is 10.0. The first-order valence-corrected chi connectivity index (χ1v) is 5.16. The Labute approximate surface area is 100 Å². The highest BCUT2D eigenvalue weighted by molar-refractivity contribution is 9.10. The molecular weight excluding hydrogens is 276 g/mol. The SMILES string of the molecule is Cc1ccc(N/C=C(/C=O)[N+](=O)[O-])c(Br)c1. The average molecular weight is 285 g/mol. The Bertz CT molecular complexity index is 457. The molecule has 1 rings (SSSR count). The summed E-state index contributed by atoms with van der Waals surface area (Å²) >= 11 is 3.31. The molecule has 0 aliphatic rings. The lowest BCUT2D eigenvalue weighted by atomic mass is 10.2. The molecule has 0 unspecified atom stereocenters. The van der Waals surface area contributed by atoms with Gasteiger partial charge in [0.1, 0.15) is 0 Å². The maximum Gasteiger partial charge on any atom is 0.324 e. The van der Waals surface area contributed by atoms with Crippen LogP contribution in [0.5, 0.6) is 0 Å². The summed E-state index contributed by atoms with van der Waals surface area (Å²) < 4.78 is 0.775. The Hall–Kier alpha value is -1.69. The first-order valence-electron chi connectivity index (χ1n) is 4.37. The van der Waals surface area contributed by atoms with E-state index in [1.807, 2.05) is 19.1 Å². The minimum absolute atomic E-state index is 0.190. The number of hydrogen-bond acceptors (Lipinski definition) is 4. The predicted octanol–water partition coefficient (Wildman–Crippen LogP) is 2.49. The van der Waals surface area contributed by atoms with Crippen LogP contribution in [0.25, 0.3) is 0 Å². The maximum absolute atomic E-state index is 10.3. The van der Waals surface area contributed by atoms with Crippen LogP contribution in [0.2, 0.25) is 0 Å². The number of aldehydes is 1. The van der Waals surface area contributed by atoms with Gasteiger partial charge in [0, 0.05) is 4.47 Å². The lowest BCUT2D eigenvalue weighted by Gasteiger charge is -2.04. The molecule has 1 aromatic carbocycles. The number of nitrogens with one attached hydrogen (secondary N) is 1. The van der Waals surface area contributed by atoms with Gasteiger partial charge in [-0.1, -0.05) is 6.07 Å². The molecule has 0 aliphatic heterocycles. The molecule has 16 heavy (non-hydrogen) atoms. The molecule has 0 atom stereocenters. The van der Waals surface area contributed by atoms with Gasteiger partial charge < -0.3 is 5.32 Å². The van der Waals surface area contributed by atoms with Gasteiger partial charge in [-0.25, -0.2) is 0 Å². The number of rotatable bonds is 4. The van der Waals surface area contributed by atoms with E-state index in [9.17, 15) is 14.9 Å². The molecule has 0 spiro atoms. The zero-order chi connectivity index (χ0) is 12.1. The molecule has 0 radical (unpaired) electrons. The molecule has 5 nitrogen and oxygen atoms in total. The fraction of sp³-hybridized carbons (Fsp3) is 0.100. The Morgan fingerprint density at radius 3 is 2.75 bits per heavy atom. The number of carbonyl (C=O) groups is 1. The van der Waals surface area contributed by atoms with Gasteiger partial charge in [0.15, 0.2) is 0 Å². The van der Waals surface area contributed by atoms with Crippen LogP contribution in [0.1, 0.15) is 5.56 Å². The summed E-state index contributed by atoms with van der Waals surface area (Å²) in [6.45, 7) is 1.93. The summed E-state index contributed by atoms with van der Waals surface area (Å²) in [6, 6.07) is 5.48. The van der Waals surface area contributed by atoms with Gasteiger partial charge in [-0.3, -0.25) is 14.9 Å². The zero-order valence-electron chi connectivity index (χ0n) is 8.44. The molecule has 1 N–H and O–H groups in total. The van der Waals surface area contributed by atoms with Crippen LogP contribution in [0.15, 0.2) is 34.6 Å². The normalized spacial score (nSPS) is 11.0. The number of aryl methyl sites for hydroxylation is 1. The van der Waals surface area contributed by atoms with Crippen molar-refractivity contribution in [1.82, 2.24) is 0 Å².